The Balaban J connectivity index is 0.0000164. The Kier molecular flexibility index (Phi) is 9.36. The number of hydrogen-bond acceptors (Lipinski definition) is 2. The van der Waals surface area contributed by atoms with Gasteiger partial charge in [0.2, 0.25) is 0 Å². The number of benzene rings is 15. The van der Waals surface area contributed by atoms with Crippen molar-refractivity contribution in [2.45, 2.75) is 33.0 Å². The number of pyridine rings is 1. The van der Waals surface area contributed by atoms with Crippen LogP contribution in [0.2, 0.25) is 0 Å². The first kappa shape index (κ1) is 34.7. The van der Waals surface area contributed by atoms with Crippen molar-refractivity contribution in [3.63, 3.8) is 0 Å². The third kappa shape index (κ3) is 12.6. The van der Waals surface area contributed by atoms with Crippen molar-refractivity contribution >= 4 is 90.5 Å². The molecule has 0 aliphatic rings. The molecule has 5 nitrogen and oxygen atoms in total. The van der Waals surface area contributed by atoms with Gasteiger partial charge in [-0.15, -0.1) is 29.7 Å². The number of nitrogens with zero attached hydrogens (tertiary/aromatic N) is 4. The summed E-state index contributed by atoms with van der Waals surface area (Å²) in [6, 6.07) is -23.3. The van der Waals surface area contributed by atoms with Crippen LogP contribution >= 0.6 is 0 Å². The first-order chi connectivity index (χ1) is 72.5. The van der Waals surface area contributed by atoms with Crippen LogP contribution < -0.4 is 50.8 Å². The van der Waals surface area contributed by atoms with Crippen LogP contribution in [0.1, 0.15) is 96.3 Å². The molecule has 0 saturated heterocycles. The van der Waals surface area contributed by atoms with E-state index in [4.69, 9.17) is 26.2 Å². The van der Waals surface area contributed by atoms with E-state index in [9.17, 15) is 48.0 Å². The zero-order valence-corrected chi connectivity index (χ0v) is 61.3. The normalized spacial score (nSPS) is 18.0. The number of hydrogen-bond donors (Lipinski definition) is 0. The molecule has 15 aromatic carbocycles. The van der Waals surface area contributed by atoms with Crippen LogP contribution in [0.5, 0.6) is 11.5 Å². The third-order valence-corrected chi connectivity index (χ3v) is 26.6. The molecule has 0 amide bonds. The van der Waals surface area contributed by atoms with E-state index in [2.05, 4.69) is 18.5 Å². The molecule has 109 heavy (non-hydrogen) atoms. The van der Waals surface area contributed by atoms with Crippen LogP contribution in [0, 0.1) is 25.3 Å². The van der Waals surface area contributed by atoms with Crippen LogP contribution in [0.15, 0.2) is 387 Å². The van der Waals surface area contributed by atoms with Crippen molar-refractivity contribution in [2.24, 2.45) is 0 Å². The molecule has 0 N–H and O–H groups in total. The van der Waals surface area contributed by atoms with Gasteiger partial charge >= 0.3 is 0 Å². The monoisotopic (exact) mass is 1660 g/mol. The van der Waals surface area contributed by atoms with Crippen molar-refractivity contribution < 1.29 is 94.8 Å². The number of imidazole rings is 1. The van der Waals surface area contributed by atoms with Gasteiger partial charge in [0, 0.05) is 54.0 Å². The van der Waals surface area contributed by atoms with E-state index in [0.29, 0.717) is 21.9 Å². The number of aromatic nitrogens is 4. The van der Waals surface area contributed by atoms with Gasteiger partial charge < -0.3 is 13.9 Å². The largest absolute Gasteiger partial charge is 0.510 e. The number of rotatable bonds is 17. The van der Waals surface area contributed by atoms with Gasteiger partial charge in [-0.2, -0.15) is 18.2 Å². The maximum atomic E-state index is 11.8. The molecule has 18 aromatic rings. The summed E-state index contributed by atoms with van der Waals surface area (Å²) >= 11 is 0. The zero-order chi connectivity index (χ0) is 114. The summed E-state index contributed by atoms with van der Waals surface area (Å²) in [7, 11) is -14.3. The Labute approximate surface area is 720 Å². The van der Waals surface area contributed by atoms with Gasteiger partial charge in [0.25, 0.3) is 6.33 Å². The molecule has 0 atom stereocenters. The van der Waals surface area contributed by atoms with Crippen molar-refractivity contribution in [3.05, 3.63) is 417 Å². The number of ether oxygens (including phenoxy) is 1. The Morgan fingerprint density at radius 3 is 1.52 bits per heavy atom. The van der Waals surface area contributed by atoms with Crippen molar-refractivity contribution in [1.29, 1.82) is 0 Å². The second-order valence-electron chi connectivity index (χ2n) is 25.5. The molecule has 8 heteroatoms. The van der Waals surface area contributed by atoms with E-state index in [0.717, 1.165) is 28.5 Å². The fourth-order valence-electron chi connectivity index (χ4n) is 13.6. The van der Waals surface area contributed by atoms with Gasteiger partial charge in [-0.1, -0.05) is 353 Å². The van der Waals surface area contributed by atoms with Crippen molar-refractivity contribution in [3.8, 4) is 73.2 Å². The quantitative estimate of drug-likeness (QED) is 0.0394. The molecule has 0 aliphatic carbocycles. The molecule has 0 saturated carbocycles. The molecule has 0 unspecified atom stereocenters. The molecule has 18 rings (SSSR count). The first-order valence-corrected chi connectivity index (χ1v) is 37.2. The van der Waals surface area contributed by atoms with Crippen LogP contribution in [-0.4, -0.2) is 30.3 Å². The minimum Gasteiger partial charge on any atom is -0.510 e. The number of para-hydroxylation sites is 1. The molecular formula is C101H76N4OPtSi2-2. The Morgan fingerprint density at radius 2 is 0.945 bits per heavy atom. The van der Waals surface area contributed by atoms with E-state index < -0.39 is 375 Å². The predicted molar refractivity (Wildman–Crippen MR) is 452 cm³/mol. The molecule has 0 radical (unpaired) electrons. The number of aryl methyl sites for hydroxylation is 1. The van der Waals surface area contributed by atoms with E-state index >= 15 is 0 Å². The summed E-state index contributed by atoms with van der Waals surface area (Å²) in [5, 5.41) is -9.82. The van der Waals surface area contributed by atoms with E-state index in [1.165, 1.54) is 57.7 Å². The summed E-state index contributed by atoms with van der Waals surface area (Å²) < 4.78 is 469. The van der Waals surface area contributed by atoms with Crippen LogP contribution in [0.3, 0.4) is 0 Å². The van der Waals surface area contributed by atoms with Crippen LogP contribution in [0.25, 0.3) is 94.5 Å². The summed E-state index contributed by atoms with van der Waals surface area (Å²) in [4.78, 5) is 4.69. The molecule has 3 heterocycles. The summed E-state index contributed by atoms with van der Waals surface area (Å²) in [5.74, 6) is -0.465. The molecule has 0 fully saturated rings. The second kappa shape index (κ2) is 29.4. The minimum absolute atomic E-state index is 0. The summed E-state index contributed by atoms with van der Waals surface area (Å²) in [6.07, 6.45) is 4.34. The standard InChI is InChI=1S/C101H76N4OSi2.Pt/c1-72-63-99(102-70-93(72)75-35-15-6-16-36-75)105-94-54-30-29-53-90(94)91-61-60-82(69-96(91)105)106-81-39-32-38-80(68-81)103-71-104(95-62-57-76(66-97(95)103)74-55-58-79(59-56-74)101(2,3)4)100-92(77-37-31-52-89(64-77)107(83-40-17-7-18-41-83,84-42-19-8-20-43-84)85-44-21-9-22-45-85)65-78(73-33-13-5-14-34-73)67-98(100)108(86-46-23-10-24-47-86,87-48-25-11-26-49-87)88-50-27-12-28-51-88;/h5-67,70H,1-4H3;/q-2;/i1D3,5D,6D,7D,8D,9D,10D,11D,12D,13D,14D,15D,16D,17D,18D,19D,20D,21D,22D,23D,24D,25D,26D,27D,28D,31D,33D,34D,35D,36D,37D,40D,41D,42D,43D,44D,45D,46D,47D,48D,49D,50D,51D,52D,64D;. The third-order valence-electron chi connectivity index (χ3n) is 18.4. The number of fused-ring (bicyclic) bond motifs is 4. The first-order valence-electron chi connectivity index (χ1n) is 56.7. The molecule has 526 valence electrons. The summed E-state index contributed by atoms with van der Waals surface area (Å²) in [5.41, 5.74) is -6.03. The van der Waals surface area contributed by atoms with Crippen molar-refractivity contribution in [1.82, 2.24) is 14.1 Å². The van der Waals surface area contributed by atoms with Gasteiger partial charge in [0.05, 0.1) is 77.0 Å². The molecular weight excluding hydrogens is 1540 g/mol. The summed E-state index contributed by atoms with van der Waals surface area (Å²) in [6.45, 7) is 2.78. The van der Waals surface area contributed by atoms with E-state index in [1.807, 2.05) is 32.9 Å². The maximum absolute atomic E-state index is 11.8. The SMILES string of the molecule is [2H]c1c([2H])c([2H])c(-c2cc(-c3c([2H])c([2H])c([2H])c([Si](c4c([2H])c([2H])c([2H])c([2H])c4[2H])(c4c([2H])c([2H])c([2H])c([2H])c4[2H])c4c([2H])c([2H])c([2H])c([2H])c4[2H])c3[2H])c(-[n+]3[c-]n(-c4[c-]c(Oc5[c-]c6c(cc5)c5ccccc5n6-c5cc(C([2H])([2H])[2H])c(-c6c([2H])c([2H])c([2H])c([2H])c6[2H])cn5)ccc4)c4cc(-c5ccc(C(C)(C)C)cc5)ccc43)c([Si](c3c([2H])c([2H])c([2H])c([2H])c3[2H])(c3c([2H])c([2H])c([2H])c([2H])c3[2H])c3c([2H])c([2H])c([2H])c([2H])c3[2H])c2)c([2H])c1[2H].[Pt]. The van der Waals surface area contributed by atoms with Gasteiger partial charge in [0.1, 0.15) is 5.82 Å². The predicted octanol–water partition coefficient (Wildman–Crippen LogP) is 18.6. The van der Waals surface area contributed by atoms with Crippen LogP contribution in [-0.2, 0) is 26.5 Å². The average molecular weight is 1660 g/mol. The Hall–Kier alpha value is -12.4. The minimum atomic E-state index is -7.22. The molecule has 3 aromatic heterocycles. The molecule has 0 spiro atoms. The maximum Gasteiger partial charge on any atom is 0.268 e. The Bertz CT molecular complexity index is 8720. The van der Waals surface area contributed by atoms with Crippen molar-refractivity contribution in [2.75, 3.05) is 0 Å². The fourth-order valence-corrected chi connectivity index (χ4v) is 21.2. The molecule has 0 bridgehead atoms. The Morgan fingerprint density at radius 1 is 0.422 bits per heavy atom. The van der Waals surface area contributed by atoms with Gasteiger partial charge in [0.15, 0.2) is 16.1 Å². The second-order valence-corrected chi connectivity index (χ2v) is 32.5. The molecule has 0 aliphatic heterocycles. The average Bonchev–Trinajstić information content (AvgIpc) is 0.752. The smallest absolute Gasteiger partial charge is 0.268 e. The van der Waals surface area contributed by atoms with E-state index in [1.54, 1.807) is 42.5 Å². The van der Waals surface area contributed by atoms with Gasteiger partial charge in [-0.25, -0.2) is 4.98 Å². The van der Waals surface area contributed by atoms with E-state index in [-0.39, 0.29) is 71.7 Å². The fraction of sp³-hybridized carbons (Fsp3) is 0.0495. The zero-order valence-electron chi connectivity index (χ0n) is 104. The van der Waals surface area contributed by atoms with Crippen LogP contribution in [0.4, 0.5) is 0 Å². The van der Waals surface area contributed by atoms with Gasteiger partial charge in [-0.05, 0) is 139 Å². The van der Waals surface area contributed by atoms with Gasteiger partial charge in [-0.3, -0.25) is 4.57 Å². The topological polar surface area (TPSA) is 35.9 Å².